The molecule has 1 unspecified atom stereocenters. The molecule has 1 fully saturated rings. The van der Waals surface area contributed by atoms with Gasteiger partial charge in [-0.25, -0.2) is 4.79 Å². The molecule has 1 aliphatic heterocycles. The Kier molecular flexibility index (Phi) is 5.61. The highest BCUT2D eigenvalue weighted by molar-refractivity contribution is 6.07. The molecule has 4 amide bonds. The van der Waals surface area contributed by atoms with Crippen molar-refractivity contribution in [2.24, 2.45) is 0 Å². The van der Waals surface area contributed by atoms with Gasteiger partial charge in [0.1, 0.15) is 5.54 Å². The molecule has 2 N–H and O–H groups in total. The van der Waals surface area contributed by atoms with Gasteiger partial charge in [0.15, 0.2) is 0 Å². The van der Waals surface area contributed by atoms with Crippen LogP contribution in [0.2, 0.25) is 0 Å². The Morgan fingerprint density at radius 2 is 1.76 bits per heavy atom. The Labute approximate surface area is 189 Å². The van der Waals surface area contributed by atoms with Crippen molar-refractivity contribution < 1.29 is 19.3 Å². The molecule has 0 saturated carbocycles. The maximum absolute atomic E-state index is 13.2. The minimum atomic E-state index is -1.44. The molecular formula is C24H20N4O5. The van der Waals surface area contributed by atoms with Gasteiger partial charge in [-0.05, 0) is 42.3 Å². The van der Waals surface area contributed by atoms with E-state index in [2.05, 4.69) is 10.6 Å². The Morgan fingerprint density at radius 3 is 2.48 bits per heavy atom. The van der Waals surface area contributed by atoms with Crippen LogP contribution in [0.25, 0.3) is 0 Å². The van der Waals surface area contributed by atoms with Crippen molar-refractivity contribution in [3.63, 3.8) is 0 Å². The lowest BCUT2D eigenvalue weighted by Gasteiger charge is -2.22. The lowest BCUT2D eigenvalue weighted by molar-refractivity contribution is -0.385. The van der Waals surface area contributed by atoms with Gasteiger partial charge in [0.05, 0.1) is 11.5 Å². The minimum Gasteiger partial charge on any atom is -0.322 e. The van der Waals surface area contributed by atoms with E-state index >= 15 is 0 Å². The van der Waals surface area contributed by atoms with Crippen LogP contribution in [0.5, 0.6) is 0 Å². The summed E-state index contributed by atoms with van der Waals surface area (Å²) in [6.45, 7) is 1.46. The molecule has 0 bridgehead atoms. The quantitative estimate of drug-likeness (QED) is 0.340. The number of nitrogens with zero attached hydrogens (tertiary/aromatic N) is 2. The Hall–Kier alpha value is -4.53. The second-order valence-corrected chi connectivity index (χ2v) is 7.77. The molecule has 0 radical (unpaired) electrons. The van der Waals surface area contributed by atoms with E-state index < -0.39 is 22.4 Å². The van der Waals surface area contributed by atoms with Gasteiger partial charge in [0.25, 0.3) is 17.5 Å². The summed E-state index contributed by atoms with van der Waals surface area (Å²) in [5.41, 5.74) is 0.313. The fourth-order valence-electron chi connectivity index (χ4n) is 3.68. The van der Waals surface area contributed by atoms with Crippen molar-refractivity contribution in [1.82, 2.24) is 10.2 Å². The number of rotatable bonds is 6. The van der Waals surface area contributed by atoms with Gasteiger partial charge in [-0.15, -0.1) is 0 Å². The molecule has 1 aliphatic rings. The van der Waals surface area contributed by atoms with Crippen molar-refractivity contribution in [3.8, 4) is 0 Å². The number of benzene rings is 3. The Balaban J connectivity index is 1.54. The second-order valence-electron chi connectivity index (χ2n) is 7.77. The highest BCUT2D eigenvalue weighted by Crippen LogP contribution is 2.31. The summed E-state index contributed by atoms with van der Waals surface area (Å²) in [6.07, 6.45) is 0. The van der Waals surface area contributed by atoms with Gasteiger partial charge in [-0.2, -0.15) is 0 Å². The zero-order valence-electron chi connectivity index (χ0n) is 17.6. The highest BCUT2D eigenvalue weighted by atomic mass is 16.6. The number of para-hydroxylation sites is 1. The maximum atomic E-state index is 13.2. The van der Waals surface area contributed by atoms with E-state index in [0.29, 0.717) is 22.4 Å². The Bertz CT molecular complexity index is 1260. The number of imide groups is 1. The number of carbonyl (C=O) groups excluding carboxylic acids is 3. The third-order valence-corrected chi connectivity index (χ3v) is 5.47. The van der Waals surface area contributed by atoms with Crippen LogP contribution in [0.15, 0.2) is 78.9 Å². The number of nitro benzene ring substituents is 1. The van der Waals surface area contributed by atoms with E-state index in [9.17, 15) is 24.5 Å². The standard InChI is InChI=1S/C24H20N4O5/c1-24(18-9-6-12-20(14-18)28(32)33)22(30)27(23(31)26-24)15-16-7-5-8-17(13-16)21(29)25-19-10-3-2-4-11-19/h2-14H,15H2,1H3,(H,25,29)(H,26,31). The topological polar surface area (TPSA) is 122 Å². The number of anilines is 1. The smallest absolute Gasteiger partial charge is 0.322 e. The van der Waals surface area contributed by atoms with E-state index in [0.717, 1.165) is 4.90 Å². The molecule has 33 heavy (non-hydrogen) atoms. The largest absolute Gasteiger partial charge is 0.325 e. The maximum Gasteiger partial charge on any atom is 0.325 e. The van der Waals surface area contributed by atoms with Crippen molar-refractivity contribution in [2.75, 3.05) is 5.32 Å². The fourth-order valence-corrected chi connectivity index (χ4v) is 3.68. The highest BCUT2D eigenvalue weighted by Gasteiger charge is 2.49. The van der Waals surface area contributed by atoms with Crippen LogP contribution in [0, 0.1) is 10.1 Å². The molecule has 0 spiro atoms. The summed E-state index contributed by atoms with van der Waals surface area (Å²) in [7, 11) is 0. The van der Waals surface area contributed by atoms with Crippen LogP contribution in [-0.4, -0.2) is 27.7 Å². The van der Waals surface area contributed by atoms with Gasteiger partial charge in [0.2, 0.25) is 0 Å². The molecule has 3 aromatic carbocycles. The van der Waals surface area contributed by atoms with E-state index in [4.69, 9.17) is 0 Å². The van der Waals surface area contributed by atoms with E-state index in [-0.39, 0.29) is 18.1 Å². The molecule has 9 nitrogen and oxygen atoms in total. The van der Waals surface area contributed by atoms with Gasteiger partial charge in [0, 0.05) is 23.4 Å². The van der Waals surface area contributed by atoms with Crippen molar-refractivity contribution in [1.29, 1.82) is 0 Å². The predicted octanol–water partition coefficient (Wildman–Crippen LogP) is 3.81. The molecule has 166 valence electrons. The van der Waals surface area contributed by atoms with E-state index in [1.54, 1.807) is 42.5 Å². The van der Waals surface area contributed by atoms with Crippen molar-refractivity contribution in [3.05, 3.63) is 106 Å². The average molecular weight is 444 g/mol. The normalized spacial score (nSPS) is 17.5. The van der Waals surface area contributed by atoms with E-state index in [1.807, 2.05) is 18.2 Å². The van der Waals surface area contributed by atoms with Crippen LogP contribution < -0.4 is 10.6 Å². The van der Waals surface area contributed by atoms with Gasteiger partial charge in [-0.3, -0.25) is 24.6 Å². The first-order valence-corrected chi connectivity index (χ1v) is 10.1. The SMILES string of the molecule is CC1(c2cccc([N+](=O)[O-])c2)NC(=O)N(Cc2cccc(C(=O)Nc3ccccc3)c2)C1=O. The first-order chi connectivity index (χ1) is 15.8. The number of non-ortho nitro benzene ring substituents is 1. The third kappa shape index (κ3) is 4.29. The number of hydrogen-bond acceptors (Lipinski definition) is 5. The average Bonchev–Trinajstić information content (AvgIpc) is 3.04. The first kappa shape index (κ1) is 21.7. The molecule has 0 aliphatic carbocycles. The van der Waals surface area contributed by atoms with Crippen LogP contribution in [0.1, 0.15) is 28.4 Å². The van der Waals surface area contributed by atoms with E-state index in [1.165, 1.54) is 25.1 Å². The van der Waals surface area contributed by atoms with Crippen LogP contribution >= 0.6 is 0 Å². The predicted molar refractivity (Wildman–Crippen MR) is 120 cm³/mol. The number of hydrogen-bond donors (Lipinski definition) is 2. The molecular weight excluding hydrogens is 424 g/mol. The second kappa shape index (κ2) is 8.54. The molecule has 3 aromatic rings. The molecule has 0 aromatic heterocycles. The van der Waals surface area contributed by atoms with Crippen LogP contribution in [0.3, 0.4) is 0 Å². The van der Waals surface area contributed by atoms with Crippen LogP contribution in [-0.2, 0) is 16.9 Å². The van der Waals surface area contributed by atoms with Crippen LogP contribution in [0.4, 0.5) is 16.2 Å². The Morgan fingerprint density at radius 1 is 1.03 bits per heavy atom. The number of nitrogens with one attached hydrogen (secondary N) is 2. The summed E-state index contributed by atoms with van der Waals surface area (Å²) in [6, 6.07) is 20.6. The third-order valence-electron chi connectivity index (χ3n) is 5.47. The van der Waals surface area contributed by atoms with Gasteiger partial charge >= 0.3 is 6.03 Å². The molecule has 1 saturated heterocycles. The summed E-state index contributed by atoms with van der Waals surface area (Å²) in [4.78, 5) is 50.0. The zero-order valence-corrected chi connectivity index (χ0v) is 17.6. The zero-order chi connectivity index (χ0) is 23.6. The molecule has 4 rings (SSSR count). The molecule has 1 atom stereocenters. The molecule has 1 heterocycles. The summed E-state index contributed by atoms with van der Waals surface area (Å²) < 4.78 is 0. The molecule has 9 heteroatoms. The fraction of sp³-hybridized carbons (Fsp3) is 0.125. The van der Waals surface area contributed by atoms with Gasteiger partial charge < -0.3 is 10.6 Å². The summed E-state index contributed by atoms with van der Waals surface area (Å²) in [5.74, 6) is -0.853. The number of urea groups is 1. The number of nitro groups is 1. The lowest BCUT2D eigenvalue weighted by atomic mass is 9.91. The minimum absolute atomic E-state index is 0.0539. The lowest BCUT2D eigenvalue weighted by Crippen LogP contribution is -2.40. The summed E-state index contributed by atoms with van der Waals surface area (Å²) in [5, 5.41) is 16.5. The van der Waals surface area contributed by atoms with Crippen molar-refractivity contribution >= 4 is 29.2 Å². The number of carbonyl (C=O) groups is 3. The number of amides is 4. The van der Waals surface area contributed by atoms with Gasteiger partial charge in [-0.1, -0.05) is 42.5 Å². The summed E-state index contributed by atoms with van der Waals surface area (Å²) >= 11 is 0. The van der Waals surface area contributed by atoms with Crippen molar-refractivity contribution in [2.45, 2.75) is 19.0 Å². The first-order valence-electron chi connectivity index (χ1n) is 10.1. The monoisotopic (exact) mass is 444 g/mol.